The van der Waals surface area contributed by atoms with Crippen molar-refractivity contribution in [3.8, 4) is 17.0 Å². The predicted molar refractivity (Wildman–Crippen MR) is 102 cm³/mol. The lowest BCUT2D eigenvalue weighted by atomic mass is 10.0. The zero-order valence-corrected chi connectivity index (χ0v) is 15.4. The summed E-state index contributed by atoms with van der Waals surface area (Å²) in [6.45, 7) is 1.49. The number of carbonyl (C=O) groups excluding carboxylic acids is 2. The molecular weight excluding hydrogens is 344 g/mol. The van der Waals surface area contributed by atoms with Gasteiger partial charge >= 0.3 is 0 Å². The molecule has 0 spiro atoms. The van der Waals surface area contributed by atoms with Gasteiger partial charge in [-0.1, -0.05) is 6.07 Å². The first kappa shape index (κ1) is 18.3. The average Bonchev–Trinajstić information content (AvgIpc) is 3.08. The number of Topliss-reactive ketones (excluding diaryl/α,β-unsaturated/α-hetero) is 1. The van der Waals surface area contributed by atoms with E-state index in [9.17, 15) is 9.59 Å². The van der Waals surface area contributed by atoms with Crippen LogP contribution in [0.1, 0.15) is 22.8 Å². The van der Waals surface area contributed by atoms with Crippen LogP contribution in [0, 0.1) is 0 Å². The van der Waals surface area contributed by atoms with Crippen molar-refractivity contribution in [1.82, 2.24) is 14.8 Å². The Labute approximate surface area is 157 Å². The minimum absolute atomic E-state index is 0.0647. The Morgan fingerprint density at radius 1 is 1.22 bits per heavy atom. The fourth-order valence-corrected chi connectivity index (χ4v) is 2.71. The van der Waals surface area contributed by atoms with Crippen molar-refractivity contribution < 1.29 is 14.3 Å². The van der Waals surface area contributed by atoms with Crippen LogP contribution in [0.3, 0.4) is 0 Å². The van der Waals surface area contributed by atoms with Gasteiger partial charge in [0.15, 0.2) is 5.78 Å². The van der Waals surface area contributed by atoms with Crippen LogP contribution >= 0.6 is 0 Å². The molecule has 3 rings (SSSR count). The van der Waals surface area contributed by atoms with E-state index in [0.29, 0.717) is 22.7 Å². The molecule has 27 heavy (non-hydrogen) atoms. The first-order valence-corrected chi connectivity index (χ1v) is 8.40. The topological polar surface area (TPSA) is 86.1 Å². The first-order chi connectivity index (χ1) is 13.0. The number of nitrogens with zero attached hydrogens (tertiary/aromatic N) is 3. The number of aromatic nitrogens is 3. The Bertz CT molecular complexity index is 994. The second kappa shape index (κ2) is 7.82. The molecule has 0 aliphatic carbocycles. The quantitative estimate of drug-likeness (QED) is 0.680. The van der Waals surface area contributed by atoms with Gasteiger partial charge in [-0.25, -0.2) is 4.98 Å². The first-order valence-electron chi connectivity index (χ1n) is 8.40. The van der Waals surface area contributed by atoms with E-state index in [1.54, 1.807) is 35.1 Å². The number of anilines is 1. The summed E-state index contributed by atoms with van der Waals surface area (Å²) in [5, 5.41) is 6.92. The highest BCUT2D eigenvalue weighted by Gasteiger charge is 2.13. The zero-order chi connectivity index (χ0) is 19.4. The molecule has 0 aliphatic rings. The number of nitrogens with one attached hydrogen (secondary N) is 1. The summed E-state index contributed by atoms with van der Waals surface area (Å²) in [4.78, 5) is 28.5. The number of hydrogen-bond acceptors (Lipinski definition) is 5. The minimum atomic E-state index is -0.246. The van der Waals surface area contributed by atoms with Gasteiger partial charge in [-0.15, -0.1) is 0 Å². The standard InChI is InChI=1S/C20H20N4O3/c1-13(25)14-7-8-18(27-3)15(9-14)10-20(26)23-19-6-4-5-17(22-19)16-11-21-24(2)12-16/h4-9,11-12H,10H2,1-3H3,(H,22,23,26). The highest BCUT2D eigenvalue weighted by atomic mass is 16.5. The Morgan fingerprint density at radius 2 is 2.04 bits per heavy atom. The van der Waals surface area contributed by atoms with Crippen LogP contribution in [0.4, 0.5) is 5.82 Å². The zero-order valence-electron chi connectivity index (χ0n) is 15.4. The molecule has 0 bridgehead atoms. The maximum absolute atomic E-state index is 12.5. The smallest absolute Gasteiger partial charge is 0.230 e. The van der Waals surface area contributed by atoms with Crippen molar-refractivity contribution in [2.24, 2.45) is 7.05 Å². The third-order valence-electron chi connectivity index (χ3n) is 4.06. The number of amides is 1. The summed E-state index contributed by atoms with van der Waals surface area (Å²) in [5.74, 6) is 0.699. The van der Waals surface area contributed by atoms with E-state index < -0.39 is 0 Å². The number of hydrogen-bond donors (Lipinski definition) is 1. The van der Waals surface area contributed by atoms with Crippen LogP contribution < -0.4 is 10.1 Å². The molecule has 0 atom stereocenters. The van der Waals surface area contributed by atoms with Crippen LogP contribution in [0.2, 0.25) is 0 Å². The highest BCUT2D eigenvalue weighted by molar-refractivity contribution is 5.96. The molecule has 1 amide bonds. The number of ketones is 1. The number of pyridine rings is 1. The van der Waals surface area contributed by atoms with Crippen molar-refractivity contribution in [3.05, 3.63) is 59.9 Å². The lowest BCUT2D eigenvalue weighted by Crippen LogP contribution is -2.16. The maximum atomic E-state index is 12.5. The van der Waals surface area contributed by atoms with Crippen molar-refractivity contribution in [2.75, 3.05) is 12.4 Å². The molecule has 7 nitrogen and oxygen atoms in total. The van der Waals surface area contributed by atoms with Crippen LogP contribution in [0.5, 0.6) is 5.75 Å². The molecule has 1 N–H and O–H groups in total. The van der Waals surface area contributed by atoms with E-state index in [4.69, 9.17) is 4.74 Å². The normalized spacial score (nSPS) is 10.5. The minimum Gasteiger partial charge on any atom is -0.496 e. The number of aryl methyl sites for hydroxylation is 1. The second-order valence-corrected chi connectivity index (χ2v) is 6.12. The molecule has 0 radical (unpaired) electrons. The molecule has 0 fully saturated rings. The van der Waals surface area contributed by atoms with Gasteiger partial charge in [0, 0.05) is 29.9 Å². The summed E-state index contributed by atoms with van der Waals surface area (Å²) in [7, 11) is 3.36. The number of methoxy groups -OCH3 is 1. The van der Waals surface area contributed by atoms with Crippen molar-refractivity contribution in [2.45, 2.75) is 13.3 Å². The number of ether oxygens (including phenoxy) is 1. The molecule has 2 heterocycles. The largest absolute Gasteiger partial charge is 0.496 e. The van der Waals surface area contributed by atoms with E-state index in [0.717, 1.165) is 11.3 Å². The summed E-state index contributed by atoms with van der Waals surface area (Å²) in [6.07, 6.45) is 3.64. The second-order valence-electron chi connectivity index (χ2n) is 6.12. The lowest BCUT2D eigenvalue weighted by molar-refractivity contribution is -0.115. The Morgan fingerprint density at radius 3 is 2.70 bits per heavy atom. The molecule has 0 saturated heterocycles. The SMILES string of the molecule is COc1ccc(C(C)=O)cc1CC(=O)Nc1cccc(-c2cnn(C)c2)n1. The maximum Gasteiger partial charge on any atom is 0.230 e. The van der Waals surface area contributed by atoms with Crippen LogP contribution in [-0.4, -0.2) is 33.6 Å². The van der Waals surface area contributed by atoms with Gasteiger partial charge in [0.25, 0.3) is 0 Å². The molecule has 2 aromatic heterocycles. The molecule has 138 valence electrons. The summed E-state index contributed by atoms with van der Waals surface area (Å²) >= 11 is 0. The summed E-state index contributed by atoms with van der Waals surface area (Å²) in [6, 6.07) is 10.5. The van der Waals surface area contributed by atoms with Gasteiger partial charge in [-0.3, -0.25) is 14.3 Å². The van der Waals surface area contributed by atoms with E-state index >= 15 is 0 Å². The number of benzene rings is 1. The Balaban J connectivity index is 1.77. The number of carbonyl (C=O) groups is 2. The van der Waals surface area contributed by atoms with Gasteiger partial charge < -0.3 is 10.1 Å². The van der Waals surface area contributed by atoms with Crippen molar-refractivity contribution in [3.63, 3.8) is 0 Å². The molecule has 0 unspecified atom stereocenters. The van der Waals surface area contributed by atoms with Crippen LogP contribution in [0.15, 0.2) is 48.8 Å². The summed E-state index contributed by atoms with van der Waals surface area (Å²) in [5.41, 5.74) is 2.77. The van der Waals surface area contributed by atoms with Gasteiger partial charge in [0.1, 0.15) is 11.6 Å². The Hall–Kier alpha value is -3.48. The fourth-order valence-electron chi connectivity index (χ4n) is 2.71. The van der Waals surface area contributed by atoms with Gasteiger partial charge in [-0.05, 0) is 37.3 Å². The van der Waals surface area contributed by atoms with Gasteiger partial charge in [-0.2, -0.15) is 5.10 Å². The summed E-state index contributed by atoms with van der Waals surface area (Å²) < 4.78 is 6.99. The highest BCUT2D eigenvalue weighted by Crippen LogP contribution is 2.22. The van der Waals surface area contributed by atoms with Gasteiger partial charge in [0.2, 0.25) is 5.91 Å². The van der Waals surface area contributed by atoms with E-state index in [2.05, 4.69) is 15.4 Å². The molecule has 1 aromatic carbocycles. The molecule has 3 aromatic rings. The van der Waals surface area contributed by atoms with E-state index in [-0.39, 0.29) is 18.1 Å². The molecule has 0 aliphatic heterocycles. The van der Waals surface area contributed by atoms with Crippen LogP contribution in [0.25, 0.3) is 11.3 Å². The van der Waals surface area contributed by atoms with Crippen molar-refractivity contribution in [1.29, 1.82) is 0 Å². The third-order valence-corrected chi connectivity index (χ3v) is 4.06. The van der Waals surface area contributed by atoms with E-state index in [1.165, 1.54) is 14.0 Å². The lowest BCUT2D eigenvalue weighted by Gasteiger charge is -2.10. The number of rotatable bonds is 6. The monoisotopic (exact) mass is 364 g/mol. The third kappa shape index (κ3) is 4.38. The van der Waals surface area contributed by atoms with Gasteiger partial charge in [0.05, 0.1) is 25.4 Å². The molecule has 7 heteroatoms. The Kier molecular flexibility index (Phi) is 5.30. The fraction of sp³-hybridized carbons (Fsp3) is 0.200. The molecule has 0 saturated carbocycles. The van der Waals surface area contributed by atoms with Crippen molar-refractivity contribution >= 4 is 17.5 Å². The predicted octanol–water partition coefficient (Wildman–Crippen LogP) is 2.87. The average molecular weight is 364 g/mol. The molecular formula is C20H20N4O3. The van der Waals surface area contributed by atoms with E-state index in [1.807, 2.05) is 25.4 Å². The van der Waals surface area contributed by atoms with Crippen LogP contribution in [-0.2, 0) is 18.3 Å².